The van der Waals surface area contributed by atoms with Crippen LogP contribution in [-0.2, 0) is 0 Å². The second-order valence-corrected chi connectivity index (χ2v) is 5.07. The van der Waals surface area contributed by atoms with Crippen LogP contribution in [0.5, 0.6) is 0 Å². The van der Waals surface area contributed by atoms with Crippen LogP contribution < -0.4 is 0 Å². The summed E-state index contributed by atoms with van der Waals surface area (Å²) >= 11 is 0. The Balaban J connectivity index is 2.34. The molecule has 0 spiro atoms. The third kappa shape index (κ3) is 2.54. The Kier molecular flexibility index (Phi) is 4.34. The van der Waals surface area contributed by atoms with Crippen molar-refractivity contribution >= 4 is 5.78 Å². The molecular weight excluding hydrogens is 236 g/mol. The molecule has 0 amide bonds. The molecule has 3 heteroatoms. The van der Waals surface area contributed by atoms with Gasteiger partial charge in [0.25, 0.3) is 0 Å². The maximum Gasteiger partial charge on any atom is 0.197 e. The van der Waals surface area contributed by atoms with Gasteiger partial charge >= 0.3 is 0 Å². The lowest BCUT2D eigenvalue weighted by Crippen LogP contribution is -2.55. The van der Waals surface area contributed by atoms with Crippen molar-refractivity contribution in [1.29, 1.82) is 5.26 Å². The van der Waals surface area contributed by atoms with Crippen LogP contribution in [0.25, 0.3) is 0 Å². The van der Waals surface area contributed by atoms with E-state index in [1.54, 1.807) is 12.1 Å². The molecule has 0 radical (unpaired) electrons. The Bertz CT molecular complexity index is 471. The van der Waals surface area contributed by atoms with E-state index in [0.717, 1.165) is 25.9 Å². The highest BCUT2D eigenvalue weighted by Crippen LogP contribution is 2.27. The van der Waals surface area contributed by atoms with Crippen molar-refractivity contribution < 1.29 is 4.79 Å². The van der Waals surface area contributed by atoms with Crippen molar-refractivity contribution in [3.63, 3.8) is 0 Å². The van der Waals surface area contributed by atoms with Crippen LogP contribution in [-0.4, -0.2) is 29.3 Å². The third-order valence-corrected chi connectivity index (χ3v) is 4.00. The highest BCUT2D eigenvalue weighted by molar-refractivity contribution is 6.05. The fourth-order valence-corrected chi connectivity index (χ4v) is 2.83. The molecule has 1 atom stereocenters. The summed E-state index contributed by atoms with van der Waals surface area (Å²) in [6.45, 7) is 3.62. The summed E-state index contributed by atoms with van der Waals surface area (Å²) in [6.07, 6.45) is 3.88. The second-order valence-electron chi connectivity index (χ2n) is 5.07. The molecule has 1 fully saturated rings. The summed E-state index contributed by atoms with van der Waals surface area (Å²) in [5.74, 6) is -0.0556. The van der Waals surface area contributed by atoms with Crippen molar-refractivity contribution in [2.75, 3.05) is 13.1 Å². The van der Waals surface area contributed by atoms with E-state index in [2.05, 4.69) is 11.0 Å². The number of ketones is 1. The van der Waals surface area contributed by atoms with Gasteiger partial charge in [0.2, 0.25) is 0 Å². The van der Waals surface area contributed by atoms with Crippen molar-refractivity contribution in [2.45, 2.75) is 38.1 Å². The number of benzene rings is 1. The number of carbonyl (C=O) groups excluding carboxylic acids is 1. The van der Waals surface area contributed by atoms with Crippen LogP contribution in [0, 0.1) is 11.3 Å². The molecule has 1 aliphatic rings. The maximum absolute atomic E-state index is 12.8. The third-order valence-electron chi connectivity index (χ3n) is 4.00. The van der Waals surface area contributed by atoms with E-state index in [-0.39, 0.29) is 5.78 Å². The smallest absolute Gasteiger partial charge is 0.197 e. The van der Waals surface area contributed by atoms with Crippen molar-refractivity contribution in [3.8, 4) is 6.07 Å². The summed E-state index contributed by atoms with van der Waals surface area (Å²) in [4.78, 5) is 14.8. The molecule has 0 saturated carbocycles. The van der Waals surface area contributed by atoms with Crippen LogP contribution >= 0.6 is 0 Å². The molecule has 0 aliphatic carbocycles. The minimum absolute atomic E-state index is 0.0556. The molecule has 0 N–H and O–H groups in total. The van der Waals surface area contributed by atoms with Crippen LogP contribution in [0.1, 0.15) is 43.0 Å². The lowest BCUT2D eigenvalue weighted by molar-refractivity contribution is 0.0621. The van der Waals surface area contributed by atoms with Gasteiger partial charge in [0, 0.05) is 18.7 Å². The second kappa shape index (κ2) is 5.99. The summed E-state index contributed by atoms with van der Waals surface area (Å²) in [7, 11) is 0. The number of hydrogen-bond acceptors (Lipinski definition) is 3. The van der Waals surface area contributed by atoms with E-state index in [1.165, 1.54) is 6.42 Å². The molecule has 1 aliphatic heterocycles. The van der Waals surface area contributed by atoms with Gasteiger partial charge in [0.1, 0.15) is 0 Å². The number of likely N-dealkylation sites (tertiary alicyclic amines) is 1. The molecule has 1 unspecified atom stereocenters. The van der Waals surface area contributed by atoms with Crippen LogP contribution in [0.2, 0.25) is 0 Å². The van der Waals surface area contributed by atoms with Crippen molar-refractivity contribution in [1.82, 2.24) is 4.90 Å². The standard InChI is InChI=1S/C16H20N2O/c1-2-16(13-17,18-11-7-4-8-12-18)15(19)14-9-5-3-6-10-14/h3,5-6,9-10H,2,4,7-8,11-12H2,1H3. The van der Waals surface area contributed by atoms with Gasteiger partial charge in [-0.15, -0.1) is 0 Å². The van der Waals surface area contributed by atoms with E-state index in [4.69, 9.17) is 0 Å². The average Bonchev–Trinajstić information content (AvgIpc) is 2.51. The lowest BCUT2D eigenvalue weighted by Gasteiger charge is -2.39. The number of rotatable bonds is 4. The van der Waals surface area contributed by atoms with Gasteiger partial charge < -0.3 is 0 Å². The summed E-state index contributed by atoms with van der Waals surface area (Å²) in [5, 5.41) is 9.65. The fourth-order valence-electron chi connectivity index (χ4n) is 2.83. The first kappa shape index (κ1) is 13.8. The predicted molar refractivity (Wildman–Crippen MR) is 74.8 cm³/mol. The summed E-state index contributed by atoms with van der Waals surface area (Å²) < 4.78 is 0. The molecule has 100 valence electrons. The summed E-state index contributed by atoms with van der Waals surface area (Å²) in [5.41, 5.74) is -0.349. The van der Waals surface area contributed by atoms with Gasteiger partial charge in [0.15, 0.2) is 11.3 Å². The van der Waals surface area contributed by atoms with E-state index in [1.807, 2.05) is 25.1 Å². The Morgan fingerprint density at radius 1 is 1.26 bits per heavy atom. The molecule has 1 saturated heterocycles. The van der Waals surface area contributed by atoms with Gasteiger partial charge in [-0.3, -0.25) is 9.69 Å². The van der Waals surface area contributed by atoms with Crippen LogP contribution in [0.3, 0.4) is 0 Å². The number of piperidine rings is 1. The number of Topliss-reactive ketones (excluding diaryl/α,β-unsaturated/α-hetero) is 1. The quantitative estimate of drug-likeness (QED) is 0.778. The Hall–Kier alpha value is -1.66. The van der Waals surface area contributed by atoms with Crippen LogP contribution in [0.15, 0.2) is 30.3 Å². The first-order valence-electron chi connectivity index (χ1n) is 7.01. The Morgan fingerprint density at radius 2 is 1.89 bits per heavy atom. The first-order valence-corrected chi connectivity index (χ1v) is 7.01. The summed E-state index contributed by atoms with van der Waals surface area (Å²) in [6, 6.07) is 11.5. The van der Waals surface area contributed by atoms with E-state index in [9.17, 15) is 10.1 Å². The number of nitriles is 1. The number of nitrogens with zero attached hydrogens (tertiary/aromatic N) is 2. The monoisotopic (exact) mass is 256 g/mol. The van der Waals surface area contributed by atoms with Gasteiger partial charge in [0.05, 0.1) is 6.07 Å². The average molecular weight is 256 g/mol. The molecule has 0 bridgehead atoms. The molecule has 2 rings (SSSR count). The van der Waals surface area contributed by atoms with Gasteiger partial charge in [-0.1, -0.05) is 43.7 Å². The maximum atomic E-state index is 12.8. The molecular formula is C16H20N2O. The zero-order chi connectivity index (χ0) is 13.7. The van der Waals surface area contributed by atoms with Gasteiger partial charge in [-0.05, 0) is 19.3 Å². The van der Waals surface area contributed by atoms with Gasteiger partial charge in [-0.2, -0.15) is 5.26 Å². The van der Waals surface area contributed by atoms with Crippen molar-refractivity contribution in [3.05, 3.63) is 35.9 Å². The highest BCUT2D eigenvalue weighted by atomic mass is 16.1. The molecule has 1 heterocycles. The zero-order valence-corrected chi connectivity index (χ0v) is 11.4. The van der Waals surface area contributed by atoms with Crippen molar-refractivity contribution in [2.24, 2.45) is 0 Å². The Labute approximate surface area is 114 Å². The first-order chi connectivity index (χ1) is 9.24. The van der Waals surface area contributed by atoms with E-state index >= 15 is 0 Å². The number of carbonyl (C=O) groups is 1. The lowest BCUT2D eigenvalue weighted by atomic mass is 9.85. The fraction of sp³-hybridized carbons (Fsp3) is 0.500. The minimum atomic E-state index is -0.984. The normalized spacial score (nSPS) is 19.4. The molecule has 0 aromatic heterocycles. The molecule has 1 aromatic carbocycles. The molecule has 3 nitrogen and oxygen atoms in total. The zero-order valence-electron chi connectivity index (χ0n) is 11.4. The SMILES string of the molecule is CCC(C#N)(C(=O)c1ccccc1)N1CCCCC1. The predicted octanol–water partition coefficient (Wildman–Crippen LogP) is 3.03. The highest BCUT2D eigenvalue weighted by Gasteiger charge is 2.43. The minimum Gasteiger partial charge on any atom is -0.291 e. The topological polar surface area (TPSA) is 44.1 Å². The van der Waals surface area contributed by atoms with Crippen LogP contribution in [0.4, 0.5) is 0 Å². The van der Waals surface area contributed by atoms with E-state index < -0.39 is 5.54 Å². The van der Waals surface area contributed by atoms with E-state index in [0.29, 0.717) is 12.0 Å². The molecule has 1 aromatic rings. The largest absolute Gasteiger partial charge is 0.291 e. The molecule has 19 heavy (non-hydrogen) atoms. The Morgan fingerprint density at radius 3 is 2.42 bits per heavy atom. The number of hydrogen-bond donors (Lipinski definition) is 0. The van der Waals surface area contributed by atoms with Gasteiger partial charge in [-0.25, -0.2) is 0 Å².